The molecule has 32 heavy (non-hydrogen) atoms. The fourth-order valence-electron chi connectivity index (χ4n) is 5.20. The maximum atomic E-state index is 12.8. The highest BCUT2D eigenvalue weighted by Gasteiger charge is 2.25. The number of aromatic nitrogens is 1. The molecule has 1 aliphatic rings. The van der Waals surface area contributed by atoms with E-state index in [2.05, 4.69) is 59.8 Å². The summed E-state index contributed by atoms with van der Waals surface area (Å²) < 4.78 is 2.13. The van der Waals surface area contributed by atoms with Crippen LogP contribution in [0, 0.1) is 11.8 Å². The van der Waals surface area contributed by atoms with E-state index < -0.39 is 0 Å². The van der Waals surface area contributed by atoms with Crippen LogP contribution in [-0.4, -0.2) is 16.1 Å². The van der Waals surface area contributed by atoms with Crippen LogP contribution in [0.15, 0.2) is 73.4 Å². The zero-order valence-electron chi connectivity index (χ0n) is 18.8. The van der Waals surface area contributed by atoms with Gasteiger partial charge < -0.3 is 4.57 Å². The Bertz CT molecular complexity index is 1080. The summed E-state index contributed by atoms with van der Waals surface area (Å²) in [6, 6.07) is 18.9. The zero-order valence-corrected chi connectivity index (χ0v) is 18.8. The summed E-state index contributed by atoms with van der Waals surface area (Å²) in [6.07, 6.45) is 11.2. The molecule has 2 atom stereocenters. The largest absolute Gasteiger partial charge is 0.340 e. The van der Waals surface area contributed by atoms with Gasteiger partial charge in [-0.2, -0.15) is 0 Å². The van der Waals surface area contributed by atoms with E-state index >= 15 is 0 Å². The van der Waals surface area contributed by atoms with Gasteiger partial charge in [0.05, 0.1) is 6.54 Å². The van der Waals surface area contributed by atoms with Crippen LogP contribution in [-0.2, 0) is 22.6 Å². The molecular weight excluding hydrogens is 394 g/mol. The van der Waals surface area contributed by atoms with Crippen molar-refractivity contribution in [3.05, 3.63) is 84.6 Å². The maximum absolute atomic E-state index is 12.8. The van der Waals surface area contributed by atoms with E-state index in [1.807, 2.05) is 12.1 Å². The van der Waals surface area contributed by atoms with Crippen LogP contribution < -0.4 is 0 Å². The number of allylic oxidation sites excluding steroid dienone is 1. The van der Waals surface area contributed by atoms with Crippen molar-refractivity contribution in [1.29, 1.82) is 0 Å². The third-order valence-electron chi connectivity index (χ3n) is 6.96. The van der Waals surface area contributed by atoms with Crippen molar-refractivity contribution < 1.29 is 9.59 Å². The van der Waals surface area contributed by atoms with Crippen LogP contribution in [0.3, 0.4) is 0 Å². The van der Waals surface area contributed by atoms with Crippen LogP contribution in [0.1, 0.15) is 56.1 Å². The van der Waals surface area contributed by atoms with E-state index in [-0.39, 0.29) is 5.78 Å². The lowest BCUT2D eigenvalue weighted by molar-refractivity contribution is -0.119. The van der Waals surface area contributed by atoms with Gasteiger partial charge in [0.2, 0.25) is 0 Å². The zero-order chi connectivity index (χ0) is 22.3. The van der Waals surface area contributed by atoms with Crippen molar-refractivity contribution in [3.63, 3.8) is 0 Å². The molecule has 0 spiro atoms. The molecule has 3 nitrogen and oxygen atoms in total. The quantitative estimate of drug-likeness (QED) is 0.326. The predicted molar refractivity (Wildman–Crippen MR) is 131 cm³/mol. The highest BCUT2D eigenvalue weighted by molar-refractivity contribution is 5.89. The Labute approximate surface area is 191 Å². The first-order chi connectivity index (χ1) is 15.6. The molecule has 1 aliphatic carbocycles. The molecule has 0 amide bonds. The summed E-state index contributed by atoms with van der Waals surface area (Å²) in [5, 5.41) is 1.23. The standard InChI is InChI=1S/C29H33NO2/c1-2-26(31)16-14-23-12-13-24(18-23)15-17-27(32)21-30-20-25(19-22-8-4-3-5-9-22)28-10-6-7-11-29(28)30/h2-11,20,23-24H,1,12-19,21H2. The van der Waals surface area contributed by atoms with Gasteiger partial charge in [-0.05, 0) is 60.8 Å². The van der Waals surface area contributed by atoms with Crippen molar-refractivity contribution in [2.75, 3.05) is 0 Å². The summed E-state index contributed by atoms with van der Waals surface area (Å²) in [5.41, 5.74) is 3.69. The molecular formula is C29H33NO2. The van der Waals surface area contributed by atoms with Crippen LogP contribution in [0.25, 0.3) is 10.9 Å². The number of hydrogen-bond donors (Lipinski definition) is 0. The molecule has 0 aliphatic heterocycles. The van der Waals surface area contributed by atoms with Crippen molar-refractivity contribution in [3.8, 4) is 0 Å². The Morgan fingerprint density at radius 2 is 1.62 bits per heavy atom. The molecule has 2 unspecified atom stereocenters. The lowest BCUT2D eigenvalue weighted by Crippen LogP contribution is -2.11. The Balaban J connectivity index is 1.33. The lowest BCUT2D eigenvalue weighted by Gasteiger charge is -2.11. The average Bonchev–Trinajstić information content (AvgIpc) is 3.42. The van der Waals surface area contributed by atoms with Gasteiger partial charge in [0.25, 0.3) is 0 Å². The summed E-state index contributed by atoms with van der Waals surface area (Å²) in [7, 11) is 0. The summed E-state index contributed by atoms with van der Waals surface area (Å²) in [4.78, 5) is 24.3. The maximum Gasteiger partial charge on any atom is 0.155 e. The second kappa shape index (κ2) is 10.6. The number of fused-ring (bicyclic) bond motifs is 1. The van der Waals surface area contributed by atoms with E-state index in [0.29, 0.717) is 37.0 Å². The molecule has 3 heteroatoms. The fourth-order valence-corrected chi connectivity index (χ4v) is 5.20. The minimum absolute atomic E-state index is 0.147. The SMILES string of the molecule is C=CC(=O)CCC1CCC(CCC(=O)Cn2cc(Cc3ccccc3)c3ccccc32)C1. The monoisotopic (exact) mass is 427 g/mol. The fraction of sp³-hybridized carbons (Fsp3) is 0.379. The van der Waals surface area contributed by atoms with E-state index in [1.165, 1.54) is 35.4 Å². The van der Waals surface area contributed by atoms with Crippen LogP contribution in [0.2, 0.25) is 0 Å². The van der Waals surface area contributed by atoms with E-state index in [1.54, 1.807) is 0 Å². The number of carbonyl (C=O) groups excluding carboxylic acids is 2. The van der Waals surface area contributed by atoms with Crippen molar-refractivity contribution in [2.24, 2.45) is 11.8 Å². The second-order valence-corrected chi connectivity index (χ2v) is 9.29. The molecule has 0 radical (unpaired) electrons. The molecule has 0 N–H and O–H groups in total. The number of ketones is 2. The molecule has 4 rings (SSSR count). The number of rotatable bonds is 11. The van der Waals surface area contributed by atoms with Gasteiger partial charge in [0.1, 0.15) is 0 Å². The molecule has 1 fully saturated rings. The molecule has 3 aromatic rings. The Morgan fingerprint density at radius 3 is 2.38 bits per heavy atom. The number of benzene rings is 2. The van der Waals surface area contributed by atoms with Crippen LogP contribution >= 0.6 is 0 Å². The number of carbonyl (C=O) groups is 2. The number of hydrogen-bond acceptors (Lipinski definition) is 2. The third kappa shape index (κ3) is 5.64. The molecule has 1 heterocycles. The first-order valence-corrected chi connectivity index (χ1v) is 11.9. The highest BCUT2D eigenvalue weighted by atomic mass is 16.1. The summed E-state index contributed by atoms with van der Waals surface area (Å²) in [5.74, 6) is 1.71. The average molecular weight is 428 g/mol. The van der Waals surface area contributed by atoms with Gasteiger partial charge in [-0.25, -0.2) is 0 Å². The highest BCUT2D eigenvalue weighted by Crippen LogP contribution is 2.36. The normalized spacial score (nSPS) is 18.1. The molecule has 0 saturated heterocycles. The van der Waals surface area contributed by atoms with Gasteiger partial charge >= 0.3 is 0 Å². The van der Waals surface area contributed by atoms with Gasteiger partial charge in [-0.1, -0.05) is 68.0 Å². The third-order valence-corrected chi connectivity index (χ3v) is 6.96. The topological polar surface area (TPSA) is 39.1 Å². The van der Waals surface area contributed by atoms with E-state index in [4.69, 9.17) is 0 Å². The summed E-state index contributed by atoms with van der Waals surface area (Å²) in [6.45, 7) is 4.00. The van der Waals surface area contributed by atoms with Crippen molar-refractivity contribution in [1.82, 2.24) is 4.57 Å². The molecule has 166 valence electrons. The molecule has 2 aromatic carbocycles. The summed E-state index contributed by atoms with van der Waals surface area (Å²) >= 11 is 0. The smallest absolute Gasteiger partial charge is 0.155 e. The number of nitrogens with zero attached hydrogens (tertiary/aromatic N) is 1. The Morgan fingerprint density at radius 1 is 0.938 bits per heavy atom. The van der Waals surface area contributed by atoms with Crippen molar-refractivity contribution >= 4 is 22.5 Å². The molecule has 1 aromatic heterocycles. The number of para-hydroxylation sites is 1. The van der Waals surface area contributed by atoms with Crippen molar-refractivity contribution in [2.45, 2.75) is 57.9 Å². The first-order valence-electron chi connectivity index (χ1n) is 11.9. The van der Waals surface area contributed by atoms with E-state index in [9.17, 15) is 9.59 Å². The van der Waals surface area contributed by atoms with Crippen LogP contribution in [0.4, 0.5) is 0 Å². The van der Waals surface area contributed by atoms with Gasteiger partial charge in [-0.3, -0.25) is 9.59 Å². The minimum atomic E-state index is 0.147. The van der Waals surface area contributed by atoms with Crippen LogP contribution in [0.5, 0.6) is 0 Å². The molecule has 1 saturated carbocycles. The Kier molecular flexibility index (Phi) is 7.36. The molecule has 0 bridgehead atoms. The Hall–Kier alpha value is -2.94. The lowest BCUT2D eigenvalue weighted by atomic mass is 9.95. The predicted octanol–water partition coefficient (Wildman–Crippen LogP) is 6.53. The first kappa shape index (κ1) is 22.3. The van der Waals surface area contributed by atoms with Gasteiger partial charge in [0.15, 0.2) is 11.6 Å². The van der Waals surface area contributed by atoms with Gasteiger partial charge in [0, 0.05) is 29.9 Å². The minimum Gasteiger partial charge on any atom is -0.340 e. The number of Topliss-reactive ketones (excluding diaryl/α,β-unsaturated/α-hetero) is 1. The van der Waals surface area contributed by atoms with E-state index in [0.717, 1.165) is 31.2 Å². The van der Waals surface area contributed by atoms with Gasteiger partial charge in [-0.15, -0.1) is 0 Å². The second-order valence-electron chi connectivity index (χ2n) is 9.29.